The van der Waals surface area contributed by atoms with Gasteiger partial charge in [-0.05, 0) is 49.2 Å². The number of rotatable bonds is 9. The third-order valence-electron chi connectivity index (χ3n) is 6.64. The summed E-state index contributed by atoms with van der Waals surface area (Å²) in [5.41, 5.74) is 1.92. The molecule has 1 fully saturated rings. The van der Waals surface area contributed by atoms with E-state index in [-0.39, 0.29) is 30.4 Å². The summed E-state index contributed by atoms with van der Waals surface area (Å²) in [7, 11) is 0. The summed E-state index contributed by atoms with van der Waals surface area (Å²) in [5, 5.41) is 4.27. The van der Waals surface area contributed by atoms with Crippen LogP contribution in [0.5, 0.6) is 5.75 Å². The molecule has 5 rings (SSSR count). The van der Waals surface area contributed by atoms with Gasteiger partial charge >= 0.3 is 0 Å². The lowest BCUT2D eigenvalue weighted by Crippen LogP contribution is -2.44. The van der Waals surface area contributed by atoms with Gasteiger partial charge in [0, 0.05) is 29.7 Å². The molecule has 2 aromatic carbocycles. The number of nitrogens with one attached hydrogen (secondary N) is 1. The van der Waals surface area contributed by atoms with Crippen LogP contribution < -0.4 is 15.6 Å². The Hall–Kier alpha value is -2.82. The van der Waals surface area contributed by atoms with E-state index in [4.69, 9.17) is 9.72 Å². The number of ether oxygens (including phenoxy) is 1. The van der Waals surface area contributed by atoms with Crippen molar-refractivity contribution in [1.82, 2.24) is 19.8 Å². The highest BCUT2D eigenvalue weighted by atomic mass is 32.2. The van der Waals surface area contributed by atoms with Crippen molar-refractivity contribution < 1.29 is 13.9 Å². The maximum Gasteiger partial charge on any atom is 0.264 e. The number of nitrogens with zero attached hydrogens (tertiary/aromatic N) is 3. The molecule has 3 aromatic rings. The minimum atomic E-state index is -0.315. The Kier molecular flexibility index (Phi) is 8.17. The first-order valence-corrected chi connectivity index (χ1v) is 13.8. The molecule has 0 bridgehead atoms. The molecular weight excluding hydrogens is 511 g/mol. The summed E-state index contributed by atoms with van der Waals surface area (Å²) in [6, 6.07) is 13.3. The van der Waals surface area contributed by atoms with E-state index in [0.29, 0.717) is 58.4 Å². The number of thioether (sulfide) groups is 1. The number of thiol groups is 1. The Morgan fingerprint density at radius 3 is 2.70 bits per heavy atom. The van der Waals surface area contributed by atoms with E-state index in [1.807, 2.05) is 24.3 Å². The average molecular weight is 541 g/mol. The molecule has 194 valence electrons. The Bertz CT molecular complexity index is 1330. The number of amides is 1. The number of fused-ring (bicyclic) bond motifs is 1. The van der Waals surface area contributed by atoms with Crippen LogP contribution in [0.3, 0.4) is 0 Å². The van der Waals surface area contributed by atoms with Gasteiger partial charge in [0.15, 0.2) is 5.16 Å². The quantitative estimate of drug-likeness (QED) is 0.244. The van der Waals surface area contributed by atoms with Gasteiger partial charge in [-0.1, -0.05) is 30.3 Å². The SMILES string of the molecule is O=C(CNCCOc1ccc(F)cc1)N1CCc2nc(SC3CCC3)n(-c3ccccc3S)c(=O)c2C1. The Morgan fingerprint density at radius 2 is 1.97 bits per heavy atom. The maximum absolute atomic E-state index is 13.8. The van der Waals surface area contributed by atoms with Crippen LogP contribution in [0, 0.1) is 5.82 Å². The fourth-order valence-corrected chi connectivity index (χ4v) is 5.91. The molecular formula is C27H29FN4O3S2. The second kappa shape index (κ2) is 11.7. The molecule has 1 aliphatic heterocycles. The van der Waals surface area contributed by atoms with Gasteiger partial charge < -0.3 is 15.0 Å². The van der Waals surface area contributed by atoms with Crippen LogP contribution in [0.1, 0.15) is 30.5 Å². The second-order valence-corrected chi connectivity index (χ2v) is 10.9. The monoisotopic (exact) mass is 540 g/mol. The second-order valence-electron chi connectivity index (χ2n) is 9.16. The van der Waals surface area contributed by atoms with Crippen LogP contribution in [0.25, 0.3) is 5.69 Å². The Labute approximate surface area is 224 Å². The number of halogens is 1. The lowest BCUT2D eigenvalue weighted by atomic mass is 10.0. The molecule has 1 N–H and O–H groups in total. The largest absolute Gasteiger partial charge is 0.492 e. The average Bonchev–Trinajstić information content (AvgIpc) is 2.88. The highest BCUT2D eigenvalue weighted by Gasteiger charge is 2.29. The summed E-state index contributed by atoms with van der Waals surface area (Å²) >= 11 is 6.26. The van der Waals surface area contributed by atoms with Crippen molar-refractivity contribution >= 4 is 30.3 Å². The molecule has 2 aliphatic rings. The van der Waals surface area contributed by atoms with Gasteiger partial charge in [0.2, 0.25) is 5.91 Å². The van der Waals surface area contributed by atoms with Gasteiger partial charge in [0.1, 0.15) is 18.2 Å². The highest BCUT2D eigenvalue weighted by molar-refractivity contribution is 7.99. The number of carbonyl (C=O) groups excluding carboxylic acids is 1. The van der Waals surface area contributed by atoms with Gasteiger partial charge in [-0.3, -0.25) is 14.2 Å². The normalized spacial score (nSPS) is 15.2. The summed E-state index contributed by atoms with van der Waals surface area (Å²) in [4.78, 5) is 34.0. The minimum Gasteiger partial charge on any atom is -0.492 e. The fourth-order valence-electron chi connectivity index (χ4n) is 4.33. The molecule has 0 atom stereocenters. The molecule has 0 radical (unpaired) electrons. The van der Waals surface area contributed by atoms with Crippen LogP contribution in [-0.2, 0) is 17.8 Å². The zero-order valence-corrected chi connectivity index (χ0v) is 22.1. The van der Waals surface area contributed by atoms with Gasteiger partial charge in [-0.25, -0.2) is 9.37 Å². The van der Waals surface area contributed by atoms with E-state index in [1.54, 1.807) is 33.4 Å². The molecule has 10 heteroatoms. The molecule has 1 saturated carbocycles. The van der Waals surface area contributed by atoms with Crippen molar-refractivity contribution in [3.8, 4) is 11.4 Å². The van der Waals surface area contributed by atoms with E-state index < -0.39 is 0 Å². The molecule has 7 nitrogen and oxygen atoms in total. The predicted octanol–water partition coefficient (Wildman–Crippen LogP) is 3.86. The van der Waals surface area contributed by atoms with E-state index in [9.17, 15) is 14.0 Å². The van der Waals surface area contributed by atoms with E-state index in [1.165, 1.54) is 18.6 Å². The highest BCUT2D eigenvalue weighted by Crippen LogP contribution is 2.37. The van der Waals surface area contributed by atoms with Gasteiger partial charge in [0.25, 0.3) is 5.56 Å². The molecule has 1 aliphatic carbocycles. The number of benzene rings is 2. The molecule has 37 heavy (non-hydrogen) atoms. The summed E-state index contributed by atoms with van der Waals surface area (Å²) in [5.74, 6) is 0.175. The third kappa shape index (κ3) is 6.02. The lowest BCUT2D eigenvalue weighted by molar-refractivity contribution is -0.131. The fraction of sp³-hybridized carbons (Fsp3) is 0.370. The molecule has 1 amide bonds. The summed E-state index contributed by atoms with van der Waals surface area (Å²) in [6.45, 7) is 1.70. The predicted molar refractivity (Wildman–Crippen MR) is 144 cm³/mol. The zero-order chi connectivity index (χ0) is 25.8. The van der Waals surface area contributed by atoms with E-state index >= 15 is 0 Å². The van der Waals surface area contributed by atoms with Gasteiger partial charge in [-0.2, -0.15) is 0 Å². The lowest BCUT2D eigenvalue weighted by Gasteiger charge is -2.30. The van der Waals surface area contributed by atoms with Crippen molar-refractivity contribution in [2.75, 3.05) is 26.2 Å². The number of aromatic nitrogens is 2. The van der Waals surface area contributed by atoms with Crippen LogP contribution in [0.15, 0.2) is 63.4 Å². The van der Waals surface area contributed by atoms with Gasteiger partial charge in [0.05, 0.1) is 30.0 Å². The van der Waals surface area contributed by atoms with Crippen molar-refractivity contribution in [1.29, 1.82) is 0 Å². The van der Waals surface area contributed by atoms with E-state index in [2.05, 4.69) is 17.9 Å². The molecule has 2 heterocycles. The number of hydrogen-bond acceptors (Lipinski definition) is 7. The summed E-state index contributed by atoms with van der Waals surface area (Å²) < 4.78 is 20.2. The van der Waals surface area contributed by atoms with Crippen molar-refractivity contribution in [3.63, 3.8) is 0 Å². The van der Waals surface area contributed by atoms with E-state index in [0.717, 1.165) is 18.5 Å². The standard InChI is InChI=1S/C27H29FN4O3S2/c28-18-8-10-19(11-9-18)35-15-13-29-16-25(33)31-14-12-22-21(17-31)26(34)32(23-6-1-2-7-24(23)36)27(30-22)37-20-4-3-5-20/h1-2,6-11,20,29,36H,3-5,12-17H2. The Balaban J connectivity index is 1.26. The van der Waals surface area contributed by atoms with Crippen molar-refractivity contribution in [2.45, 2.75) is 47.5 Å². The van der Waals surface area contributed by atoms with Crippen molar-refractivity contribution in [3.05, 3.63) is 76.0 Å². The first-order valence-electron chi connectivity index (χ1n) is 12.5. The van der Waals surface area contributed by atoms with Crippen LogP contribution in [-0.4, -0.2) is 51.8 Å². The number of para-hydroxylation sites is 1. The summed E-state index contributed by atoms with van der Waals surface area (Å²) in [6.07, 6.45) is 4.01. The molecule has 0 saturated heterocycles. The van der Waals surface area contributed by atoms with Crippen LogP contribution in [0.2, 0.25) is 0 Å². The zero-order valence-electron chi connectivity index (χ0n) is 20.4. The number of hydrogen-bond donors (Lipinski definition) is 2. The minimum absolute atomic E-state index is 0.0825. The number of carbonyl (C=O) groups is 1. The first-order chi connectivity index (χ1) is 18.0. The van der Waals surface area contributed by atoms with Crippen LogP contribution in [0.4, 0.5) is 4.39 Å². The molecule has 0 unspecified atom stereocenters. The molecule has 1 aromatic heterocycles. The Morgan fingerprint density at radius 1 is 1.19 bits per heavy atom. The third-order valence-corrected chi connectivity index (χ3v) is 8.30. The van der Waals surface area contributed by atoms with Crippen LogP contribution >= 0.6 is 24.4 Å². The van der Waals surface area contributed by atoms with Crippen molar-refractivity contribution in [2.24, 2.45) is 0 Å². The first kappa shape index (κ1) is 25.8. The topological polar surface area (TPSA) is 76.5 Å². The van der Waals surface area contributed by atoms with Gasteiger partial charge in [-0.15, -0.1) is 12.6 Å². The maximum atomic E-state index is 13.8. The molecule has 0 spiro atoms. The smallest absolute Gasteiger partial charge is 0.264 e.